The minimum atomic E-state index is -0.571. The van der Waals surface area contributed by atoms with Gasteiger partial charge in [0.05, 0.1) is 6.07 Å². The molecule has 4 heteroatoms. The van der Waals surface area contributed by atoms with Crippen molar-refractivity contribution < 1.29 is 4.79 Å². The zero-order valence-corrected chi connectivity index (χ0v) is 10.5. The van der Waals surface area contributed by atoms with Crippen molar-refractivity contribution in [1.29, 1.82) is 5.26 Å². The first-order chi connectivity index (χ1) is 7.55. The first-order valence-electron chi connectivity index (χ1n) is 5.92. The molecule has 1 heterocycles. The van der Waals surface area contributed by atoms with Crippen LogP contribution in [0.2, 0.25) is 0 Å². The summed E-state index contributed by atoms with van der Waals surface area (Å²) in [5, 5.41) is 9.35. The van der Waals surface area contributed by atoms with E-state index in [4.69, 9.17) is 0 Å². The molecule has 4 nitrogen and oxygen atoms in total. The van der Waals surface area contributed by atoms with Crippen LogP contribution in [0.15, 0.2) is 0 Å². The van der Waals surface area contributed by atoms with Gasteiger partial charge in [0.25, 0.3) is 0 Å². The van der Waals surface area contributed by atoms with Crippen molar-refractivity contribution in [1.82, 2.24) is 9.80 Å². The van der Waals surface area contributed by atoms with Crippen LogP contribution in [-0.2, 0) is 4.79 Å². The molecule has 1 amide bonds. The molecule has 1 aliphatic heterocycles. The Morgan fingerprint density at radius 2 is 2.06 bits per heavy atom. The van der Waals surface area contributed by atoms with Crippen LogP contribution in [0, 0.1) is 11.3 Å². The molecule has 0 aliphatic carbocycles. The van der Waals surface area contributed by atoms with E-state index >= 15 is 0 Å². The molecule has 0 spiro atoms. The molecule has 1 aliphatic rings. The summed E-state index contributed by atoms with van der Waals surface area (Å²) in [6, 6.07) is 2.36. The van der Waals surface area contributed by atoms with Crippen molar-refractivity contribution in [3.8, 4) is 6.07 Å². The molecule has 0 unspecified atom stereocenters. The van der Waals surface area contributed by atoms with Gasteiger partial charge in [-0.15, -0.1) is 0 Å². The molecule has 1 rings (SSSR count). The maximum atomic E-state index is 11.8. The number of nitrogens with zero attached hydrogens (tertiary/aromatic N) is 3. The minimum absolute atomic E-state index is 0.0913. The number of piperidine rings is 1. The number of amides is 1. The second kappa shape index (κ2) is 5.31. The fraction of sp³-hybridized carbons (Fsp3) is 0.833. The number of likely N-dealkylation sites (tertiary alicyclic amines) is 1. The third-order valence-corrected chi connectivity index (χ3v) is 3.50. The van der Waals surface area contributed by atoms with E-state index in [2.05, 4.69) is 18.0 Å². The van der Waals surface area contributed by atoms with E-state index < -0.39 is 5.54 Å². The van der Waals surface area contributed by atoms with Gasteiger partial charge in [-0.2, -0.15) is 5.26 Å². The fourth-order valence-electron chi connectivity index (χ4n) is 2.13. The van der Waals surface area contributed by atoms with E-state index in [1.807, 2.05) is 6.92 Å². The zero-order valence-electron chi connectivity index (χ0n) is 10.5. The Kier molecular flexibility index (Phi) is 4.31. The van der Waals surface area contributed by atoms with Crippen molar-refractivity contribution in [3.05, 3.63) is 0 Å². The van der Waals surface area contributed by atoms with Gasteiger partial charge in [-0.3, -0.25) is 4.79 Å². The molecule has 16 heavy (non-hydrogen) atoms. The molecule has 0 aromatic carbocycles. The highest BCUT2D eigenvalue weighted by molar-refractivity contribution is 5.77. The molecule has 0 aromatic heterocycles. The lowest BCUT2D eigenvalue weighted by Crippen LogP contribution is -2.54. The predicted octanol–water partition coefficient (Wildman–Crippen LogP) is 1.23. The Morgan fingerprint density at radius 3 is 2.50 bits per heavy atom. The highest BCUT2D eigenvalue weighted by Gasteiger charge is 2.39. The Hall–Kier alpha value is -1.08. The van der Waals surface area contributed by atoms with Crippen LogP contribution in [0.25, 0.3) is 0 Å². The van der Waals surface area contributed by atoms with Gasteiger partial charge in [-0.05, 0) is 26.3 Å². The molecule has 1 fully saturated rings. The summed E-state index contributed by atoms with van der Waals surface area (Å²) in [5.41, 5.74) is -0.571. The lowest BCUT2D eigenvalue weighted by atomic mass is 9.87. The fourth-order valence-corrected chi connectivity index (χ4v) is 2.13. The normalized spacial score (nSPS) is 20.1. The maximum absolute atomic E-state index is 11.8. The standard InChI is InChI=1S/C12H21N3O/c1-4-5-11(16)15(3)12(10-13)6-8-14(2)9-7-12/h4-9H2,1-3H3. The highest BCUT2D eigenvalue weighted by Crippen LogP contribution is 2.27. The smallest absolute Gasteiger partial charge is 0.223 e. The third kappa shape index (κ3) is 2.53. The Bertz CT molecular complexity index is 287. The van der Waals surface area contributed by atoms with Crippen LogP contribution in [0.3, 0.4) is 0 Å². The quantitative estimate of drug-likeness (QED) is 0.723. The van der Waals surface area contributed by atoms with Gasteiger partial charge in [0.2, 0.25) is 5.91 Å². The van der Waals surface area contributed by atoms with E-state index in [0.29, 0.717) is 6.42 Å². The molecule has 0 saturated carbocycles. The summed E-state index contributed by atoms with van der Waals surface area (Å²) >= 11 is 0. The van der Waals surface area contributed by atoms with E-state index in [1.54, 1.807) is 11.9 Å². The molecule has 90 valence electrons. The Balaban J connectivity index is 2.73. The number of rotatable bonds is 3. The van der Waals surface area contributed by atoms with E-state index in [1.165, 1.54) is 0 Å². The van der Waals surface area contributed by atoms with E-state index in [0.717, 1.165) is 32.4 Å². The van der Waals surface area contributed by atoms with Crippen LogP contribution >= 0.6 is 0 Å². The van der Waals surface area contributed by atoms with E-state index in [9.17, 15) is 10.1 Å². The Labute approximate surface area is 97.8 Å². The molecular formula is C12H21N3O. The summed E-state index contributed by atoms with van der Waals surface area (Å²) in [5.74, 6) is 0.0913. The summed E-state index contributed by atoms with van der Waals surface area (Å²) in [7, 11) is 3.82. The molecule has 0 bridgehead atoms. The van der Waals surface area contributed by atoms with E-state index in [-0.39, 0.29) is 5.91 Å². The average molecular weight is 223 g/mol. The second-order valence-corrected chi connectivity index (χ2v) is 4.65. The molecule has 1 saturated heterocycles. The number of carbonyl (C=O) groups excluding carboxylic acids is 1. The van der Waals surface area contributed by atoms with Gasteiger partial charge in [0.1, 0.15) is 5.54 Å². The summed E-state index contributed by atoms with van der Waals surface area (Å²) < 4.78 is 0. The van der Waals surface area contributed by atoms with Crippen LogP contribution < -0.4 is 0 Å². The summed E-state index contributed by atoms with van der Waals surface area (Å²) in [6.45, 7) is 3.76. The highest BCUT2D eigenvalue weighted by atomic mass is 16.2. The topological polar surface area (TPSA) is 47.3 Å². The summed E-state index contributed by atoms with van der Waals surface area (Å²) in [4.78, 5) is 15.7. The zero-order chi connectivity index (χ0) is 12.2. The van der Waals surface area contributed by atoms with Gasteiger partial charge in [0.15, 0.2) is 0 Å². The first-order valence-corrected chi connectivity index (χ1v) is 5.92. The van der Waals surface area contributed by atoms with Gasteiger partial charge < -0.3 is 9.80 Å². The van der Waals surface area contributed by atoms with Gasteiger partial charge in [-0.25, -0.2) is 0 Å². The molecule has 0 radical (unpaired) electrons. The molecule has 0 atom stereocenters. The number of nitriles is 1. The van der Waals surface area contributed by atoms with Crippen LogP contribution in [0.5, 0.6) is 0 Å². The lowest BCUT2D eigenvalue weighted by molar-refractivity contribution is -0.135. The lowest BCUT2D eigenvalue weighted by Gasteiger charge is -2.41. The van der Waals surface area contributed by atoms with Gasteiger partial charge in [-0.1, -0.05) is 6.92 Å². The van der Waals surface area contributed by atoms with Crippen molar-refractivity contribution in [2.45, 2.75) is 38.1 Å². The van der Waals surface area contributed by atoms with Crippen LogP contribution in [-0.4, -0.2) is 48.4 Å². The first kappa shape index (κ1) is 13.0. The van der Waals surface area contributed by atoms with Gasteiger partial charge in [0, 0.05) is 26.6 Å². The SMILES string of the molecule is CCCC(=O)N(C)C1(C#N)CCN(C)CC1. The Morgan fingerprint density at radius 1 is 1.50 bits per heavy atom. The number of carbonyl (C=O) groups is 1. The third-order valence-electron chi connectivity index (χ3n) is 3.50. The van der Waals surface area contributed by atoms with Crippen molar-refractivity contribution in [2.24, 2.45) is 0 Å². The van der Waals surface area contributed by atoms with Gasteiger partial charge >= 0.3 is 0 Å². The molecule has 0 N–H and O–H groups in total. The largest absolute Gasteiger partial charge is 0.327 e. The summed E-state index contributed by atoms with van der Waals surface area (Å²) in [6.07, 6.45) is 2.89. The average Bonchev–Trinajstić information content (AvgIpc) is 2.30. The van der Waals surface area contributed by atoms with Crippen molar-refractivity contribution in [3.63, 3.8) is 0 Å². The minimum Gasteiger partial charge on any atom is -0.327 e. The monoisotopic (exact) mass is 223 g/mol. The van der Waals surface area contributed by atoms with Crippen molar-refractivity contribution in [2.75, 3.05) is 27.2 Å². The van der Waals surface area contributed by atoms with Crippen molar-refractivity contribution >= 4 is 5.91 Å². The van der Waals surface area contributed by atoms with Crippen LogP contribution in [0.1, 0.15) is 32.6 Å². The van der Waals surface area contributed by atoms with Crippen LogP contribution in [0.4, 0.5) is 0 Å². The molecule has 0 aromatic rings. The molecular weight excluding hydrogens is 202 g/mol. The maximum Gasteiger partial charge on any atom is 0.223 e. The number of hydrogen-bond acceptors (Lipinski definition) is 3. The number of hydrogen-bond donors (Lipinski definition) is 0. The second-order valence-electron chi connectivity index (χ2n) is 4.65. The predicted molar refractivity (Wildman–Crippen MR) is 62.8 cm³/mol.